The van der Waals surface area contributed by atoms with E-state index in [2.05, 4.69) is 16.5 Å². The van der Waals surface area contributed by atoms with Gasteiger partial charge in [0.15, 0.2) is 5.76 Å². The van der Waals surface area contributed by atoms with Gasteiger partial charge in [-0.3, -0.25) is 10.1 Å². The van der Waals surface area contributed by atoms with E-state index in [1.807, 2.05) is 54.6 Å². The number of aromatic nitrogens is 1. The maximum absolute atomic E-state index is 12.7. The molecule has 5 rings (SSSR count). The van der Waals surface area contributed by atoms with Gasteiger partial charge in [0.2, 0.25) is 0 Å². The summed E-state index contributed by atoms with van der Waals surface area (Å²) in [6, 6.07) is 15.0. The molecule has 2 aliphatic rings. The monoisotopic (exact) mass is 518 g/mol. The molecular formula is C29H27ClN2O5. The number of allylic oxidation sites excluding steroid dienone is 4. The third kappa shape index (κ3) is 4.91. The number of hydrogen-bond donors (Lipinski definition) is 2. The molecule has 2 aliphatic carbocycles. The van der Waals surface area contributed by atoms with E-state index in [9.17, 15) is 14.7 Å². The standard InChI is InChI=1S/C29H27ClN2O5/c1-17-25(31-28(35)36-18(2)23-5-3-4-6-24(23)30)26(37-32-17)21-9-7-19(8-10-21)20-11-13-22(14-12-20)29(15-16-29)27(33)34/h3-9,11-14,18,21H,10,15-16H2,1-2H3,(H,31,35)(H,33,34)/t18-,21?/m1/s1. The fourth-order valence-corrected chi connectivity index (χ4v) is 5.00. The van der Waals surface area contributed by atoms with E-state index in [1.165, 1.54) is 0 Å². The van der Waals surface area contributed by atoms with E-state index >= 15 is 0 Å². The topological polar surface area (TPSA) is 102 Å². The zero-order valence-corrected chi connectivity index (χ0v) is 21.3. The molecule has 1 heterocycles. The maximum Gasteiger partial charge on any atom is 0.412 e. The van der Waals surface area contributed by atoms with Crippen LogP contribution in [0.4, 0.5) is 10.5 Å². The molecule has 1 fully saturated rings. The number of anilines is 1. The molecule has 0 aliphatic heterocycles. The van der Waals surface area contributed by atoms with Crippen molar-refractivity contribution in [3.63, 3.8) is 0 Å². The van der Waals surface area contributed by atoms with Crippen molar-refractivity contribution >= 4 is 34.9 Å². The summed E-state index contributed by atoms with van der Waals surface area (Å²) in [6.45, 7) is 3.52. The van der Waals surface area contributed by atoms with Gasteiger partial charge in [-0.2, -0.15) is 0 Å². The highest BCUT2D eigenvalue weighted by molar-refractivity contribution is 6.31. The van der Waals surface area contributed by atoms with Gasteiger partial charge in [-0.05, 0) is 55.9 Å². The number of carboxylic acid groups (broad SMARTS) is 1. The number of benzene rings is 2. The lowest BCUT2D eigenvalue weighted by Crippen LogP contribution is -2.19. The zero-order chi connectivity index (χ0) is 26.2. The number of nitrogens with zero attached hydrogens (tertiary/aromatic N) is 1. The molecule has 0 saturated heterocycles. The summed E-state index contributed by atoms with van der Waals surface area (Å²) in [4.78, 5) is 24.3. The van der Waals surface area contributed by atoms with Crippen LogP contribution in [0.3, 0.4) is 0 Å². The van der Waals surface area contributed by atoms with E-state index in [1.54, 1.807) is 19.9 Å². The average Bonchev–Trinajstić information content (AvgIpc) is 3.64. The summed E-state index contributed by atoms with van der Waals surface area (Å²) in [7, 11) is 0. The molecule has 7 nitrogen and oxygen atoms in total. The van der Waals surface area contributed by atoms with Crippen LogP contribution < -0.4 is 5.32 Å². The lowest BCUT2D eigenvalue weighted by molar-refractivity contribution is -0.140. The van der Waals surface area contributed by atoms with Crippen LogP contribution in [0.2, 0.25) is 5.02 Å². The Bertz CT molecular complexity index is 1400. The Morgan fingerprint density at radius 1 is 1.19 bits per heavy atom. The molecule has 3 aromatic rings. The van der Waals surface area contributed by atoms with Gasteiger partial charge in [0, 0.05) is 16.5 Å². The third-order valence-corrected chi connectivity index (χ3v) is 7.45. The second-order valence-corrected chi connectivity index (χ2v) is 9.93. The highest BCUT2D eigenvalue weighted by atomic mass is 35.5. The molecule has 1 saturated carbocycles. The molecule has 2 N–H and O–H groups in total. The van der Waals surface area contributed by atoms with Gasteiger partial charge in [0.25, 0.3) is 0 Å². The molecule has 0 bridgehead atoms. The maximum atomic E-state index is 12.7. The molecule has 2 atom stereocenters. The molecule has 1 unspecified atom stereocenters. The summed E-state index contributed by atoms with van der Waals surface area (Å²) >= 11 is 6.22. The fraction of sp³-hybridized carbons (Fsp3) is 0.276. The van der Waals surface area contributed by atoms with Gasteiger partial charge in [-0.25, -0.2) is 4.79 Å². The van der Waals surface area contributed by atoms with Crippen molar-refractivity contribution in [1.29, 1.82) is 0 Å². The number of rotatable bonds is 7. The van der Waals surface area contributed by atoms with Gasteiger partial charge in [-0.15, -0.1) is 0 Å². The highest BCUT2D eigenvalue weighted by Crippen LogP contribution is 2.48. The number of amides is 1. The quantitative estimate of drug-likeness (QED) is 0.343. The van der Waals surface area contributed by atoms with Crippen LogP contribution in [-0.4, -0.2) is 22.3 Å². The first-order valence-corrected chi connectivity index (χ1v) is 12.6. The van der Waals surface area contributed by atoms with Crippen LogP contribution in [-0.2, 0) is 14.9 Å². The molecule has 37 heavy (non-hydrogen) atoms. The van der Waals surface area contributed by atoms with Crippen LogP contribution in [0, 0.1) is 6.92 Å². The van der Waals surface area contributed by atoms with Gasteiger partial charge in [0.05, 0.1) is 5.41 Å². The lowest BCUT2D eigenvalue weighted by atomic mass is 9.89. The predicted molar refractivity (Wildman–Crippen MR) is 141 cm³/mol. The lowest BCUT2D eigenvalue weighted by Gasteiger charge is -2.18. The molecular weight excluding hydrogens is 492 g/mol. The zero-order valence-electron chi connectivity index (χ0n) is 20.5. The average molecular weight is 519 g/mol. The number of halogens is 1. The predicted octanol–water partition coefficient (Wildman–Crippen LogP) is 7.19. The Labute approximate surface area is 219 Å². The summed E-state index contributed by atoms with van der Waals surface area (Å²) < 4.78 is 11.1. The van der Waals surface area contributed by atoms with Gasteiger partial charge < -0.3 is 14.4 Å². The summed E-state index contributed by atoms with van der Waals surface area (Å²) in [5.74, 6) is -0.310. The Balaban J connectivity index is 1.25. The molecule has 0 radical (unpaired) electrons. The van der Waals surface area contributed by atoms with E-state index in [-0.39, 0.29) is 5.92 Å². The van der Waals surface area contributed by atoms with E-state index in [4.69, 9.17) is 20.9 Å². The van der Waals surface area contributed by atoms with Crippen molar-refractivity contribution in [3.05, 3.63) is 99.9 Å². The minimum absolute atomic E-state index is 0.109. The van der Waals surface area contributed by atoms with Gasteiger partial charge in [-0.1, -0.05) is 77.5 Å². The van der Waals surface area contributed by atoms with Crippen LogP contribution in [0.15, 0.2) is 71.3 Å². The van der Waals surface area contributed by atoms with Gasteiger partial charge >= 0.3 is 12.1 Å². The fourth-order valence-electron chi connectivity index (χ4n) is 4.71. The number of aliphatic carboxylic acids is 1. The number of hydrogen-bond acceptors (Lipinski definition) is 5. The molecule has 2 aromatic carbocycles. The second-order valence-electron chi connectivity index (χ2n) is 9.53. The number of carbonyl (C=O) groups excluding carboxylic acids is 1. The van der Waals surface area contributed by atoms with Crippen molar-refractivity contribution < 1.29 is 24.0 Å². The van der Waals surface area contributed by atoms with Gasteiger partial charge in [0.1, 0.15) is 17.5 Å². The first kappa shape index (κ1) is 24.8. The summed E-state index contributed by atoms with van der Waals surface area (Å²) in [5.41, 5.74) is 3.98. The van der Waals surface area contributed by atoms with Crippen LogP contribution in [0.25, 0.3) is 5.57 Å². The number of aryl methyl sites for hydroxylation is 1. The first-order valence-electron chi connectivity index (χ1n) is 12.2. The number of nitrogens with one attached hydrogen (secondary N) is 1. The van der Waals surface area contributed by atoms with Crippen LogP contribution in [0.1, 0.15) is 66.4 Å². The molecule has 1 aromatic heterocycles. The Morgan fingerprint density at radius 2 is 1.92 bits per heavy atom. The van der Waals surface area contributed by atoms with E-state index in [0.717, 1.165) is 22.3 Å². The number of carbonyl (C=O) groups is 2. The van der Waals surface area contributed by atoms with Crippen molar-refractivity contribution in [2.45, 2.75) is 50.5 Å². The second kappa shape index (κ2) is 9.90. The van der Waals surface area contributed by atoms with Crippen molar-refractivity contribution in [3.8, 4) is 0 Å². The van der Waals surface area contributed by atoms with Crippen molar-refractivity contribution in [2.75, 3.05) is 5.32 Å². The molecule has 1 amide bonds. The highest BCUT2D eigenvalue weighted by Gasteiger charge is 2.51. The van der Waals surface area contributed by atoms with Crippen LogP contribution in [0.5, 0.6) is 0 Å². The molecule has 8 heteroatoms. The normalized spacial score (nSPS) is 18.6. The largest absolute Gasteiger partial charge is 0.481 e. The van der Waals surface area contributed by atoms with Crippen molar-refractivity contribution in [2.24, 2.45) is 0 Å². The summed E-state index contributed by atoms with van der Waals surface area (Å²) in [6.07, 6.45) is 7.00. The Kier molecular flexibility index (Phi) is 6.65. The van der Waals surface area contributed by atoms with Crippen LogP contribution >= 0.6 is 11.6 Å². The number of ether oxygens (including phenoxy) is 1. The minimum Gasteiger partial charge on any atom is -0.481 e. The van der Waals surface area contributed by atoms with E-state index in [0.29, 0.717) is 41.4 Å². The smallest absolute Gasteiger partial charge is 0.412 e. The Hall–Kier alpha value is -3.84. The number of carboxylic acids is 1. The van der Waals surface area contributed by atoms with Crippen molar-refractivity contribution in [1.82, 2.24) is 5.16 Å². The molecule has 0 spiro atoms. The SMILES string of the molecule is Cc1noc(C2C=CC(c3ccc(C4(C(=O)O)CC4)cc3)=CC2)c1NC(=O)O[C@H](C)c1ccccc1Cl. The Morgan fingerprint density at radius 3 is 2.54 bits per heavy atom. The third-order valence-electron chi connectivity index (χ3n) is 7.11. The van der Waals surface area contributed by atoms with E-state index < -0.39 is 23.6 Å². The molecule has 190 valence electrons. The summed E-state index contributed by atoms with van der Waals surface area (Å²) in [5, 5.41) is 16.9. The minimum atomic E-state index is -0.756. The first-order chi connectivity index (χ1) is 17.8.